The molecule has 1 amide bonds. The van der Waals surface area contributed by atoms with Gasteiger partial charge in [-0.2, -0.15) is 0 Å². The number of piperidine rings is 1. The highest BCUT2D eigenvalue weighted by Gasteiger charge is 2.32. The Morgan fingerprint density at radius 2 is 2.21 bits per heavy atom. The number of carbonyl (C=O) groups is 1. The first-order valence-corrected chi connectivity index (χ1v) is 10.00. The summed E-state index contributed by atoms with van der Waals surface area (Å²) in [7, 11) is 0. The van der Waals surface area contributed by atoms with Crippen molar-refractivity contribution in [1.82, 2.24) is 14.8 Å². The van der Waals surface area contributed by atoms with E-state index >= 15 is 0 Å². The first kappa shape index (κ1) is 17.5. The molecule has 0 saturated carbocycles. The van der Waals surface area contributed by atoms with Crippen molar-refractivity contribution in [2.45, 2.75) is 32.4 Å². The zero-order chi connectivity index (χ0) is 19.1. The summed E-state index contributed by atoms with van der Waals surface area (Å²) in [6.45, 7) is 3.80. The van der Waals surface area contributed by atoms with Crippen molar-refractivity contribution in [2.75, 3.05) is 19.6 Å². The van der Waals surface area contributed by atoms with Gasteiger partial charge in [-0.15, -0.1) is 0 Å². The molecule has 1 aromatic carbocycles. The summed E-state index contributed by atoms with van der Waals surface area (Å²) < 4.78 is 19.2. The summed E-state index contributed by atoms with van der Waals surface area (Å²) in [5, 5.41) is 0.899. The molecule has 6 heteroatoms. The van der Waals surface area contributed by atoms with Crippen molar-refractivity contribution in [1.29, 1.82) is 0 Å². The van der Waals surface area contributed by atoms with Gasteiger partial charge in [-0.25, -0.2) is 4.39 Å². The van der Waals surface area contributed by atoms with Gasteiger partial charge in [0, 0.05) is 48.2 Å². The minimum absolute atomic E-state index is 0.0206. The fourth-order valence-electron chi connectivity index (χ4n) is 4.66. The predicted molar refractivity (Wildman–Crippen MR) is 104 cm³/mol. The molecule has 2 aliphatic rings. The average Bonchev–Trinajstić information content (AvgIpc) is 3.34. The van der Waals surface area contributed by atoms with Gasteiger partial charge in [0.05, 0.1) is 18.7 Å². The van der Waals surface area contributed by atoms with Gasteiger partial charge in [0.1, 0.15) is 11.6 Å². The first-order valence-electron chi connectivity index (χ1n) is 10.00. The molecule has 0 aliphatic carbocycles. The zero-order valence-corrected chi connectivity index (χ0v) is 15.8. The van der Waals surface area contributed by atoms with Crippen molar-refractivity contribution in [3.8, 4) is 0 Å². The normalized spacial score (nSPS) is 20.5. The molecule has 146 valence electrons. The lowest BCUT2D eigenvalue weighted by Gasteiger charge is -2.36. The zero-order valence-electron chi connectivity index (χ0n) is 15.8. The van der Waals surface area contributed by atoms with E-state index in [1.165, 1.54) is 6.07 Å². The van der Waals surface area contributed by atoms with Crippen LogP contribution in [0, 0.1) is 11.7 Å². The lowest BCUT2D eigenvalue weighted by Crippen LogP contribution is -2.46. The average molecular weight is 381 g/mol. The van der Waals surface area contributed by atoms with Crippen LogP contribution >= 0.6 is 0 Å². The van der Waals surface area contributed by atoms with Gasteiger partial charge in [0.25, 0.3) is 0 Å². The Bertz CT molecular complexity index is 995. The van der Waals surface area contributed by atoms with Gasteiger partial charge < -0.3 is 14.3 Å². The molecule has 2 aliphatic heterocycles. The highest BCUT2D eigenvalue weighted by Crippen LogP contribution is 2.30. The van der Waals surface area contributed by atoms with Crippen molar-refractivity contribution in [3.63, 3.8) is 0 Å². The van der Waals surface area contributed by atoms with Crippen molar-refractivity contribution < 1.29 is 13.6 Å². The number of carbonyl (C=O) groups excluding carboxylic acids is 1. The molecule has 2 aromatic heterocycles. The number of amides is 1. The summed E-state index contributed by atoms with van der Waals surface area (Å²) in [5.41, 5.74) is 3.15. The third kappa shape index (κ3) is 3.22. The van der Waals surface area contributed by atoms with Crippen molar-refractivity contribution in [2.24, 2.45) is 5.92 Å². The monoisotopic (exact) mass is 381 g/mol. The first-order chi connectivity index (χ1) is 13.7. The number of hydrogen-bond acceptors (Lipinski definition) is 3. The van der Waals surface area contributed by atoms with Gasteiger partial charge in [-0.05, 0) is 49.7 Å². The van der Waals surface area contributed by atoms with Gasteiger partial charge >= 0.3 is 0 Å². The smallest absolute Gasteiger partial charge is 0.227 e. The maximum atomic E-state index is 13.7. The van der Waals surface area contributed by atoms with Crippen LogP contribution in [0.25, 0.3) is 10.9 Å². The van der Waals surface area contributed by atoms with Crippen molar-refractivity contribution >= 4 is 16.8 Å². The lowest BCUT2D eigenvalue weighted by molar-refractivity contribution is -0.138. The van der Waals surface area contributed by atoms with Gasteiger partial charge in [-0.1, -0.05) is 0 Å². The number of hydrogen-bond donors (Lipinski definition) is 1. The summed E-state index contributed by atoms with van der Waals surface area (Å²) in [4.78, 5) is 20.9. The second-order valence-corrected chi connectivity index (χ2v) is 7.94. The summed E-state index contributed by atoms with van der Waals surface area (Å²) in [6.07, 6.45) is 4.44. The Morgan fingerprint density at radius 3 is 3.07 bits per heavy atom. The largest absolute Gasteiger partial charge is 0.468 e. The summed E-state index contributed by atoms with van der Waals surface area (Å²) >= 11 is 0. The van der Waals surface area contributed by atoms with E-state index in [-0.39, 0.29) is 17.6 Å². The molecule has 28 heavy (non-hydrogen) atoms. The lowest BCUT2D eigenvalue weighted by atomic mass is 9.95. The molecule has 1 saturated heterocycles. The standard InChI is InChI=1S/C22H24FN3O2/c23-16-5-6-20-18(11-16)19-14-26(9-7-21(19)24-20)22(27)15-3-1-8-25(12-15)13-17-4-2-10-28-17/h2,4-6,10-11,15,24H,1,3,7-9,12-14H2. The number of aromatic amines is 1. The minimum atomic E-state index is -0.237. The highest BCUT2D eigenvalue weighted by molar-refractivity contribution is 5.86. The van der Waals surface area contributed by atoms with Crippen LogP contribution < -0.4 is 0 Å². The maximum absolute atomic E-state index is 13.7. The Kier molecular flexibility index (Phi) is 4.43. The number of rotatable bonds is 3. The quantitative estimate of drug-likeness (QED) is 0.753. The van der Waals surface area contributed by atoms with Crippen LogP contribution in [-0.4, -0.2) is 40.3 Å². The number of nitrogens with zero attached hydrogens (tertiary/aromatic N) is 2. The Balaban J connectivity index is 1.31. The third-order valence-corrected chi connectivity index (χ3v) is 6.06. The van der Waals surface area contributed by atoms with E-state index in [0.29, 0.717) is 6.54 Å². The molecule has 3 aromatic rings. The molecule has 1 fully saturated rings. The number of benzene rings is 1. The van der Waals surface area contributed by atoms with Gasteiger partial charge in [0.2, 0.25) is 5.91 Å². The highest BCUT2D eigenvalue weighted by atomic mass is 19.1. The molecule has 4 heterocycles. The van der Waals surface area contributed by atoms with Crippen LogP contribution in [-0.2, 0) is 24.3 Å². The van der Waals surface area contributed by atoms with Gasteiger partial charge in [0.15, 0.2) is 0 Å². The molecule has 1 atom stereocenters. The van der Waals surface area contributed by atoms with Crippen LogP contribution in [0.1, 0.15) is 29.9 Å². The van der Waals surface area contributed by atoms with E-state index in [0.717, 1.165) is 73.4 Å². The number of fused-ring (bicyclic) bond motifs is 3. The van der Waals surface area contributed by atoms with E-state index in [1.54, 1.807) is 18.4 Å². The number of aromatic nitrogens is 1. The van der Waals surface area contributed by atoms with Crippen molar-refractivity contribution in [3.05, 3.63) is 59.4 Å². The van der Waals surface area contributed by atoms with E-state index < -0.39 is 0 Å². The summed E-state index contributed by atoms with van der Waals surface area (Å²) in [6, 6.07) is 8.71. The minimum Gasteiger partial charge on any atom is -0.468 e. The van der Waals surface area contributed by atoms with Crippen LogP contribution in [0.4, 0.5) is 4.39 Å². The second-order valence-electron chi connectivity index (χ2n) is 7.94. The maximum Gasteiger partial charge on any atom is 0.227 e. The van der Waals surface area contributed by atoms with Gasteiger partial charge in [-0.3, -0.25) is 9.69 Å². The molecule has 0 spiro atoms. The van der Waals surface area contributed by atoms with Crippen LogP contribution in [0.2, 0.25) is 0 Å². The molecule has 0 bridgehead atoms. The van der Waals surface area contributed by atoms with E-state index in [9.17, 15) is 9.18 Å². The molecular formula is C22H24FN3O2. The topological polar surface area (TPSA) is 52.5 Å². The molecule has 5 rings (SSSR count). The summed E-state index contributed by atoms with van der Waals surface area (Å²) in [5.74, 6) is 0.947. The number of halogens is 1. The van der Waals surface area contributed by atoms with Crippen LogP contribution in [0.15, 0.2) is 41.0 Å². The van der Waals surface area contributed by atoms with Crippen LogP contribution in [0.3, 0.4) is 0 Å². The predicted octanol–water partition coefficient (Wildman–Crippen LogP) is 3.70. The SMILES string of the molecule is O=C(C1CCCN(Cc2ccco2)C1)N1CCc2[nH]c3ccc(F)cc3c2C1. The number of furan rings is 1. The Labute approximate surface area is 163 Å². The number of H-pyrrole nitrogens is 1. The fraction of sp³-hybridized carbons (Fsp3) is 0.409. The van der Waals surface area contributed by atoms with E-state index in [4.69, 9.17) is 4.42 Å². The molecular weight excluding hydrogens is 357 g/mol. The molecule has 5 nitrogen and oxygen atoms in total. The second kappa shape index (κ2) is 7.09. The van der Waals surface area contributed by atoms with Crippen LogP contribution in [0.5, 0.6) is 0 Å². The molecule has 1 unspecified atom stereocenters. The fourth-order valence-corrected chi connectivity index (χ4v) is 4.66. The molecule has 0 radical (unpaired) electrons. The van der Waals surface area contributed by atoms with E-state index in [1.807, 2.05) is 17.0 Å². The van der Waals surface area contributed by atoms with E-state index in [2.05, 4.69) is 9.88 Å². The Morgan fingerprint density at radius 1 is 1.29 bits per heavy atom. The molecule has 1 N–H and O–H groups in total. The Hall–Kier alpha value is -2.60. The third-order valence-electron chi connectivity index (χ3n) is 6.06. The number of nitrogens with one attached hydrogen (secondary N) is 1. The number of likely N-dealkylation sites (tertiary alicyclic amines) is 1.